The van der Waals surface area contributed by atoms with Crippen molar-refractivity contribution in [2.75, 3.05) is 27.7 Å². The molecule has 0 radical (unpaired) electrons. The van der Waals surface area contributed by atoms with Gasteiger partial charge in [-0.1, -0.05) is 142 Å². The summed E-state index contributed by atoms with van der Waals surface area (Å²) in [5.74, 6) is -0.157. The van der Waals surface area contributed by atoms with Crippen LogP contribution in [0.5, 0.6) is 0 Å². The van der Waals surface area contributed by atoms with Gasteiger partial charge in [-0.3, -0.25) is 4.79 Å². The van der Waals surface area contributed by atoms with Crippen LogP contribution in [-0.2, 0) is 4.79 Å². The van der Waals surface area contributed by atoms with Crippen LogP contribution >= 0.6 is 0 Å². The van der Waals surface area contributed by atoms with E-state index in [0.29, 0.717) is 6.42 Å². The molecule has 35 heavy (non-hydrogen) atoms. The maximum atomic E-state index is 10.5. The molecule has 214 valence electrons. The highest BCUT2D eigenvalue weighted by Gasteiger charge is 2.05. The molecule has 0 spiro atoms. The highest BCUT2D eigenvalue weighted by atomic mass is 79.9. The maximum Gasteiger partial charge on any atom is 0.217 e. The van der Waals surface area contributed by atoms with Gasteiger partial charge in [0.2, 0.25) is 5.91 Å². The molecule has 0 aliphatic heterocycles. The van der Waals surface area contributed by atoms with Crippen LogP contribution in [0.1, 0.15) is 168 Å². The molecule has 0 atom stereocenters. The fourth-order valence-electron chi connectivity index (χ4n) is 4.39. The van der Waals surface area contributed by atoms with E-state index in [1.54, 1.807) is 0 Å². The lowest BCUT2D eigenvalue weighted by Crippen LogP contribution is -3.00. The van der Waals surface area contributed by atoms with Gasteiger partial charge in [0.15, 0.2) is 0 Å². The molecule has 0 aliphatic rings. The summed E-state index contributed by atoms with van der Waals surface area (Å²) in [6.45, 7) is 5.88. The number of nitrogens with zero attached hydrogens (tertiary/aromatic N) is 1. The summed E-state index contributed by atoms with van der Waals surface area (Å²) in [5, 5.41) is 0. The first kappa shape index (κ1) is 39.4. The van der Waals surface area contributed by atoms with Crippen molar-refractivity contribution in [1.29, 1.82) is 0 Å². The van der Waals surface area contributed by atoms with Crippen LogP contribution in [0, 0.1) is 0 Å². The van der Waals surface area contributed by atoms with E-state index in [4.69, 9.17) is 5.73 Å². The first-order chi connectivity index (χ1) is 16.3. The van der Waals surface area contributed by atoms with Crippen molar-refractivity contribution in [2.24, 2.45) is 5.73 Å². The second kappa shape index (κ2) is 31.9. The van der Waals surface area contributed by atoms with Crippen molar-refractivity contribution in [1.82, 2.24) is 0 Å². The van der Waals surface area contributed by atoms with Crippen molar-refractivity contribution in [3.63, 3.8) is 0 Å². The third-order valence-electron chi connectivity index (χ3n) is 6.71. The molecule has 0 unspecified atom stereocenters. The Morgan fingerprint density at radius 2 is 0.743 bits per heavy atom. The largest absolute Gasteiger partial charge is 1.00 e. The molecule has 2 N–H and O–H groups in total. The minimum absolute atomic E-state index is 0. The molecule has 0 aromatic heterocycles. The number of nitrogens with two attached hydrogens (primary N) is 1. The van der Waals surface area contributed by atoms with Crippen molar-refractivity contribution < 1.29 is 26.3 Å². The molecule has 1 amide bonds. The summed E-state index contributed by atoms with van der Waals surface area (Å²) in [7, 11) is 6.87. The average molecular weight is 564 g/mol. The molecular formula is C31H67BrN2O. The van der Waals surface area contributed by atoms with Gasteiger partial charge in [-0.15, -0.1) is 0 Å². The molecule has 0 aromatic rings. The minimum Gasteiger partial charge on any atom is -1.00 e. The Morgan fingerprint density at radius 1 is 0.486 bits per heavy atom. The van der Waals surface area contributed by atoms with E-state index in [1.165, 1.54) is 148 Å². The Kier molecular flexibility index (Phi) is 36.0. The summed E-state index contributed by atoms with van der Waals surface area (Å²) in [5.41, 5.74) is 5.07. The molecule has 0 rings (SSSR count). The molecule has 4 heteroatoms. The number of carbonyl (C=O) groups is 1. The van der Waals surface area contributed by atoms with Crippen LogP contribution in [-0.4, -0.2) is 38.1 Å². The van der Waals surface area contributed by atoms with E-state index in [9.17, 15) is 4.79 Å². The van der Waals surface area contributed by atoms with E-state index in [1.807, 2.05) is 0 Å². The predicted octanol–water partition coefficient (Wildman–Crippen LogP) is 6.57. The predicted molar refractivity (Wildman–Crippen MR) is 154 cm³/mol. The topological polar surface area (TPSA) is 43.1 Å². The summed E-state index contributed by atoms with van der Waals surface area (Å²) in [6.07, 6.45) is 32.4. The highest BCUT2D eigenvalue weighted by Crippen LogP contribution is 2.13. The second-order valence-corrected chi connectivity index (χ2v) is 11.7. The molecular weight excluding hydrogens is 496 g/mol. The van der Waals surface area contributed by atoms with Gasteiger partial charge in [0, 0.05) is 6.42 Å². The molecule has 0 fully saturated rings. The number of quaternary nitrogens is 1. The van der Waals surface area contributed by atoms with E-state index >= 15 is 0 Å². The zero-order valence-corrected chi connectivity index (χ0v) is 26.6. The molecule has 0 saturated heterocycles. The van der Waals surface area contributed by atoms with Crippen LogP contribution in [0.3, 0.4) is 0 Å². The summed E-state index contributed by atoms with van der Waals surface area (Å²) in [4.78, 5) is 10.5. The number of hydrogen-bond acceptors (Lipinski definition) is 1. The molecule has 0 bridgehead atoms. The standard InChI is InChI=1S/C17H38N.C14H29NO.BrH/c1-5-6-7-8-9-10-11-12-13-14-15-16-17-18(2,3)4;1-2-3-4-5-6-7-8-9-10-11-12-13-14(15)16;/h5-17H2,1-4H3;2-13H2,1H3,(H2,15,16);1H/q+1;;/p-1. The molecule has 0 aliphatic carbocycles. The summed E-state index contributed by atoms with van der Waals surface area (Å²) >= 11 is 0. The summed E-state index contributed by atoms with van der Waals surface area (Å²) in [6, 6.07) is 0. The molecule has 0 heterocycles. The van der Waals surface area contributed by atoms with Gasteiger partial charge < -0.3 is 27.2 Å². The fourth-order valence-corrected chi connectivity index (χ4v) is 4.39. The fraction of sp³-hybridized carbons (Fsp3) is 0.968. The monoisotopic (exact) mass is 562 g/mol. The van der Waals surface area contributed by atoms with Gasteiger partial charge >= 0.3 is 0 Å². The minimum atomic E-state index is -0.157. The first-order valence-corrected chi connectivity index (χ1v) is 15.4. The Balaban J connectivity index is -0.000000573. The van der Waals surface area contributed by atoms with E-state index < -0.39 is 0 Å². The number of unbranched alkanes of at least 4 members (excludes halogenated alkanes) is 21. The van der Waals surface area contributed by atoms with Crippen LogP contribution in [0.4, 0.5) is 0 Å². The highest BCUT2D eigenvalue weighted by molar-refractivity contribution is 5.73. The summed E-state index contributed by atoms with van der Waals surface area (Å²) < 4.78 is 1.12. The number of carbonyl (C=O) groups excluding carboxylic acids is 1. The normalized spacial score (nSPS) is 11.0. The van der Waals surface area contributed by atoms with E-state index in [-0.39, 0.29) is 22.9 Å². The van der Waals surface area contributed by atoms with Gasteiger partial charge in [-0.05, 0) is 19.3 Å². The second-order valence-electron chi connectivity index (χ2n) is 11.7. The van der Waals surface area contributed by atoms with Crippen molar-refractivity contribution in [2.45, 2.75) is 168 Å². The SMILES string of the molecule is CCCCCCCCCCCCCC(N)=O.CCCCCCCCCCCCCC[N+](C)(C)C.[Br-]. The molecule has 0 aromatic carbocycles. The zero-order valence-electron chi connectivity index (χ0n) is 25.0. The lowest BCUT2D eigenvalue weighted by atomic mass is 10.1. The van der Waals surface area contributed by atoms with Crippen LogP contribution in [0.2, 0.25) is 0 Å². The first-order valence-electron chi connectivity index (χ1n) is 15.4. The quantitative estimate of drug-likeness (QED) is 0.0991. The number of halogens is 1. The van der Waals surface area contributed by atoms with Crippen LogP contribution < -0.4 is 22.7 Å². The van der Waals surface area contributed by atoms with Gasteiger partial charge in [0.1, 0.15) is 0 Å². The lowest BCUT2D eigenvalue weighted by molar-refractivity contribution is -0.870. The van der Waals surface area contributed by atoms with Crippen molar-refractivity contribution in [3.05, 3.63) is 0 Å². The smallest absolute Gasteiger partial charge is 0.217 e. The van der Waals surface area contributed by atoms with Gasteiger partial charge in [-0.25, -0.2) is 0 Å². The Hall–Kier alpha value is -0.0900. The molecule has 0 saturated carbocycles. The number of primary amides is 1. The van der Waals surface area contributed by atoms with Crippen molar-refractivity contribution in [3.8, 4) is 0 Å². The third kappa shape index (κ3) is 44.3. The molecule has 3 nitrogen and oxygen atoms in total. The average Bonchev–Trinajstić information content (AvgIpc) is 2.78. The Morgan fingerprint density at radius 3 is 1.00 bits per heavy atom. The van der Waals surface area contributed by atoms with Crippen LogP contribution in [0.25, 0.3) is 0 Å². The maximum absolute atomic E-state index is 10.5. The number of rotatable bonds is 25. The van der Waals surface area contributed by atoms with E-state index in [2.05, 4.69) is 35.0 Å². The lowest BCUT2D eigenvalue weighted by Gasteiger charge is -2.23. The number of amides is 1. The number of hydrogen-bond donors (Lipinski definition) is 1. The van der Waals surface area contributed by atoms with Gasteiger partial charge in [-0.2, -0.15) is 0 Å². The Bertz CT molecular complexity index is 396. The van der Waals surface area contributed by atoms with Crippen LogP contribution in [0.15, 0.2) is 0 Å². The van der Waals surface area contributed by atoms with E-state index in [0.717, 1.165) is 10.9 Å². The van der Waals surface area contributed by atoms with Gasteiger partial charge in [0.25, 0.3) is 0 Å². The Labute approximate surface area is 233 Å². The third-order valence-corrected chi connectivity index (χ3v) is 6.71. The zero-order chi connectivity index (χ0) is 25.8. The van der Waals surface area contributed by atoms with Gasteiger partial charge in [0.05, 0.1) is 27.7 Å². The van der Waals surface area contributed by atoms with Crippen molar-refractivity contribution >= 4 is 5.91 Å².